The molecule has 1 aliphatic heterocycles. The molecular formula is C5H4F3N2. The summed E-state index contributed by atoms with van der Waals surface area (Å²) < 4.78 is 36.3. The van der Waals surface area contributed by atoms with E-state index >= 15 is 0 Å². The number of rotatable bonds is 0. The Morgan fingerprint density at radius 3 is 2.40 bits per heavy atom. The van der Waals surface area contributed by atoms with Crippen LogP contribution in [0.1, 0.15) is 0 Å². The summed E-state index contributed by atoms with van der Waals surface area (Å²) in [5.74, 6) is -3.55. The summed E-state index contributed by atoms with van der Waals surface area (Å²) in [5, 5.41) is 1.67. The highest BCUT2D eigenvalue weighted by atomic mass is 19.2. The largest absolute Gasteiger partial charge is 0.332 e. The average molecular weight is 149 g/mol. The monoisotopic (exact) mass is 149 g/mol. The molecule has 0 fully saturated rings. The van der Waals surface area contributed by atoms with Gasteiger partial charge < -0.3 is 5.32 Å². The summed E-state index contributed by atoms with van der Waals surface area (Å²) in [4.78, 5) is 0. The first-order valence-corrected chi connectivity index (χ1v) is 2.43. The van der Waals surface area contributed by atoms with Crippen molar-refractivity contribution in [1.82, 2.24) is 5.32 Å². The standard InChI is InChI=1S/C5H4F3N2/c6-2-1-3(7)5(9)10-4(2)8/h1,10H,9H2. The second kappa shape index (κ2) is 2.34. The Morgan fingerprint density at radius 2 is 1.90 bits per heavy atom. The van der Waals surface area contributed by atoms with Gasteiger partial charge in [-0.2, -0.15) is 4.39 Å². The number of hydrogen-bond acceptors (Lipinski definition) is 2. The van der Waals surface area contributed by atoms with Crippen molar-refractivity contribution in [2.45, 2.75) is 0 Å². The van der Waals surface area contributed by atoms with Gasteiger partial charge in [-0.1, -0.05) is 0 Å². The fourth-order valence-corrected chi connectivity index (χ4v) is 0.490. The lowest BCUT2D eigenvalue weighted by atomic mass is 10.3. The molecule has 1 aliphatic rings. The fourth-order valence-electron chi connectivity index (χ4n) is 0.490. The van der Waals surface area contributed by atoms with Gasteiger partial charge in [0, 0.05) is 6.08 Å². The molecule has 2 nitrogen and oxygen atoms in total. The number of nitrogens with two attached hydrogens (primary N) is 1. The van der Waals surface area contributed by atoms with Crippen LogP contribution in [0, 0.1) is 6.17 Å². The van der Waals surface area contributed by atoms with Crippen molar-refractivity contribution in [2.24, 2.45) is 5.73 Å². The Balaban J connectivity index is 2.88. The molecule has 0 unspecified atom stereocenters. The zero-order valence-electron chi connectivity index (χ0n) is 4.79. The van der Waals surface area contributed by atoms with Crippen LogP contribution in [0.15, 0.2) is 23.7 Å². The minimum atomic E-state index is -1.29. The van der Waals surface area contributed by atoms with E-state index in [-0.39, 0.29) is 0 Å². The summed E-state index contributed by atoms with van der Waals surface area (Å²) in [6.45, 7) is 0. The summed E-state index contributed by atoms with van der Waals surface area (Å²) in [6, 6.07) is 0. The van der Waals surface area contributed by atoms with E-state index in [4.69, 9.17) is 5.73 Å². The van der Waals surface area contributed by atoms with Crippen molar-refractivity contribution in [1.29, 1.82) is 0 Å². The lowest BCUT2D eigenvalue weighted by Crippen LogP contribution is -2.30. The SMILES string of the molecule is N[C]1NC(F)=C(F)C=C1F. The van der Waals surface area contributed by atoms with Gasteiger partial charge in [0.15, 0.2) is 12.0 Å². The second-order valence-corrected chi connectivity index (χ2v) is 1.69. The molecule has 0 aromatic heterocycles. The Hall–Kier alpha value is -0.970. The van der Waals surface area contributed by atoms with E-state index in [9.17, 15) is 13.2 Å². The molecule has 0 saturated heterocycles. The van der Waals surface area contributed by atoms with Gasteiger partial charge in [-0.05, 0) is 0 Å². The third-order valence-corrected chi connectivity index (χ3v) is 0.965. The zero-order valence-corrected chi connectivity index (χ0v) is 4.79. The molecule has 0 atom stereocenters. The molecule has 3 N–H and O–H groups in total. The minimum absolute atomic E-state index is 0.376. The maximum Gasteiger partial charge on any atom is 0.225 e. The maximum absolute atomic E-state index is 12.2. The lowest BCUT2D eigenvalue weighted by molar-refractivity contribution is 0.454. The van der Waals surface area contributed by atoms with Crippen LogP contribution >= 0.6 is 0 Å². The average Bonchev–Trinajstić information content (AvgIpc) is 1.84. The molecule has 1 rings (SSSR count). The molecule has 0 amide bonds. The molecule has 0 spiro atoms. The van der Waals surface area contributed by atoms with Crippen LogP contribution < -0.4 is 11.1 Å². The summed E-state index contributed by atoms with van der Waals surface area (Å²) in [6.07, 6.45) is -0.139. The van der Waals surface area contributed by atoms with E-state index in [2.05, 4.69) is 0 Å². The third-order valence-electron chi connectivity index (χ3n) is 0.965. The first kappa shape index (κ1) is 7.14. The molecule has 1 heterocycles. The first-order chi connectivity index (χ1) is 4.61. The number of nitrogens with one attached hydrogen (secondary N) is 1. The van der Waals surface area contributed by atoms with Crippen molar-refractivity contribution in [3.63, 3.8) is 0 Å². The van der Waals surface area contributed by atoms with Crippen molar-refractivity contribution in [2.75, 3.05) is 0 Å². The number of halogens is 3. The first-order valence-electron chi connectivity index (χ1n) is 2.43. The molecule has 5 heteroatoms. The minimum Gasteiger partial charge on any atom is -0.332 e. The normalized spacial score (nSPS) is 20.6. The fraction of sp³-hybridized carbons (Fsp3) is 0. The van der Waals surface area contributed by atoms with Gasteiger partial charge in [-0.25, -0.2) is 8.78 Å². The van der Waals surface area contributed by atoms with Gasteiger partial charge in [-0.3, -0.25) is 5.73 Å². The van der Waals surface area contributed by atoms with E-state index in [1.165, 1.54) is 0 Å². The summed E-state index contributed by atoms with van der Waals surface area (Å²) >= 11 is 0. The maximum atomic E-state index is 12.2. The van der Waals surface area contributed by atoms with Gasteiger partial charge in [0.2, 0.25) is 5.95 Å². The van der Waals surface area contributed by atoms with Crippen LogP contribution in [0.5, 0.6) is 0 Å². The van der Waals surface area contributed by atoms with Crippen LogP contribution in [0.2, 0.25) is 0 Å². The van der Waals surface area contributed by atoms with E-state index in [1.807, 2.05) is 0 Å². The molecule has 0 aromatic carbocycles. The van der Waals surface area contributed by atoms with Gasteiger partial charge in [0.05, 0.1) is 0 Å². The van der Waals surface area contributed by atoms with E-state index < -0.39 is 23.8 Å². The molecule has 0 saturated carbocycles. The zero-order chi connectivity index (χ0) is 7.72. The summed E-state index contributed by atoms with van der Waals surface area (Å²) in [7, 11) is 0. The van der Waals surface area contributed by atoms with Crippen molar-refractivity contribution < 1.29 is 13.2 Å². The Morgan fingerprint density at radius 1 is 1.30 bits per heavy atom. The van der Waals surface area contributed by atoms with Crippen LogP contribution in [-0.2, 0) is 0 Å². The third kappa shape index (κ3) is 1.13. The molecular weight excluding hydrogens is 145 g/mol. The van der Waals surface area contributed by atoms with Gasteiger partial charge >= 0.3 is 0 Å². The van der Waals surface area contributed by atoms with Crippen molar-refractivity contribution in [3.05, 3.63) is 29.8 Å². The van der Waals surface area contributed by atoms with Crippen LogP contribution in [0.4, 0.5) is 13.2 Å². The molecule has 55 valence electrons. The van der Waals surface area contributed by atoms with Gasteiger partial charge in [0.1, 0.15) is 5.83 Å². The highest BCUT2D eigenvalue weighted by molar-refractivity contribution is 5.30. The van der Waals surface area contributed by atoms with Crippen LogP contribution in [-0.4, -0.2) is 0 Å². The van der Waals surface area contributed by atoms with Crippen LogP contribution in [0.3, 0.4) is 0 Å². The molecule has 10 heavy (non-hydrogen) atoms. The predicted octanol–water partition coefficient (Wildman–Crippen LogP) is 0.999. The molecule has 0 aromatic rings. The second-order valence-electron chi connectivity index (χ2n) is 1.69. The number of allylic oxidation sites excluding steroid dienone is 2. The van der Waals surface area contributed by atoms with Gasteiger partial charge in [0.25, 0.3) is 0 Å². The quantitative estimate of drug-likeness (QED) is 0.504. The van der Waals surface area contributed by atoms with Crippen molar-refractivity contribution in [3.8, 4) is 0 Å². The predicted molar refractivity (Wildman–Crippen MR) is 29.0 cm³/mol. The number of dihydropyridines is 1. The highest BCUT2D eigenvalue weighted by Gasteiger charge is 2.20. The van der Waals surface area contributed by atoms with Gasteiger partial charge in [-0.15, -0.1) is 0 Å². The Labute approximate surface area is 55.2 Å². The molecule has 1 radical (unpaired) electrons. The van der Waals surface area contributed by atoms with E-state index in [1.54, 1.807) is 5.32 Å². The van der Waals surface area contributed by atoms with Crippen molar-refractivity contribution >= 4 is 0 Å². The molecule has 0 aliphatic carbocycles. The smallest absolute Gasteiger partial charge is 0.225 e. The van der Waals surface area contributed by atoms with E-state index in [0.717, 1.165) is 0 Å². The van der Waals surface area contributed by atoms with Crippen LogP contribution in [0.25, 0.3) is 0 Å². The molecule has 0 bridgehead atoms. The summed E-state index contributed by atoms with van der Waals surface area (Å²) in [5.41, 5.74) is 4.85. The topological polar surface area (TPSA) is 38.0 Å². The number of hydrogen-bond donors (Lipinski definition) is 2. The lowest BCUT2D eigenvalue weighted by Gasteiger charge is -2.13. The van der Waals surface area contributed by atoms with E-state index in [0.29, 0.717) is 6.08 Å². The highest BCUT2D eigenvalue weighted by Crippen LogP contribution is 2.20. The Kier molecular flexibility index (Phi) is 1.67. The Bertz CT molecular complexity index is 209.